The Kier molecular flexibility index (Phi) is 7.13. The lowest BCUT2D eigenvalue weighted by Crippen LogP contribution is -2.40. The largest absolute Gasteiger partial charge is 0.317 e. The Balaban J connectivity index is 0.00000176. The zero-order chi connectivity index (χ0) is 14.5. The second-order valence-electron chi connectivity index (χ2n) is 6.77. The van der Waals surface area contributed by atoms with Crippen LogP contribution in [0.15, 0.2) is 24.3 Å². The van der Waals surface area contributed by atoms with Crippen LogP contribution in [0.4, 0.5) is 4.39 Å². The Hall–Kier alpha value is -0.640. The van der Waals surface area contributed by atoms with Crippen LogP contribution in [-0.4, -0.2) is 37.6 Å². The van der Waals surface area contributed by atoms with E-state index in [2.05, 4.69) is 10.2 Å². The van der Waals surface area contributed by atoms with Crippen LogP contribution in [0, 0.1) is 17.7 Å². The highest BCUT2D eigenvalue weighted by atomic mass is 35.5. The van der Waals surface area contributed by atoms with Crippen molar-refractivity contribution in [1.29, 1.82) is 0 Å². The van der Waals surface area contributed by atoms with Gasteiger partial charge in [-0.25, -0.2) is 4.39 Å². The molecule has 0 amide bonds. The van der Waals surface area contributed by atoms with Crippen molar-refractivity contribution in [3.63, 3.8) is 0 Å². The van der Waals surface area contributed by atoms with Crippen LogP contribution in [0.3, 0.4) is 0 Å². The molecule has 3 rings (SSSR count). The molecule has 2 nitrogen and oxygen atoms in total. The van der Waals surface area contributed by atoms with Gasteiger partial charge in [-0.3, -0.25) is 0 Å². The molecule has 0 saturated carbocycles. The summed E-state index contributed by atoms with van der Waals surface area (Å²) in [4.78, 5) is 2.66. The summed E-state index contributed by atoms with van der Waals surface area (Å²) in [5.74, 6) is 1.55. The van der Waals surface area contributed by atoms with E-state index in [4.69, 9.17) is 0 Å². The van der Waals surface area contributed by atoms with E-state index < -0.39 is 0 Å². The molecule has 0 atom stereocenters. The van der Waals surface area contributed by atoms with Crippen LogP contribution >= 0.6 is 12.4 Å². The van der Waals surface area contributed by atoms with Crippen LogP contribution in [0.25, 0.3) is 0 Å². The van der Waals surface area contributed by atoms with Gasteiger partial charge >= 0.3 is 0 Å². The molecular weight excluding hydrogens is 299 g/mol. The predicted molar refractivity (Wildman–Crippen MR) is 92.1 cm³/mol. The third-order valence-corrected chi connectivity index (χ3v) is 5.12. The number of nitrogens with one attached hydrogen (secondary N) is 1. The Labute approximate surface area is 139 Å². The van der Waals surface area contributed by atoms with Gasteiger partial charge in [-0.2, -0.15) is 0 Å². The minimum absolute atomic E-state index is 0. The molecule has 0 spiro atoms. The van der Waals surface area contributed by atoms with E-state index in [1.165, 1.54) is 64.0 Å². The van der Waals surface area contributed by atoms with Gasteiger partial charge in [-0.15, -0.1) is 12.4 Å². The second-order valence-corrected chi connectivity index (χ2v) is 6.77. The number of rotatable bonds is 4. The summed E-state index contributed by atoms with van der Waals surface area (Å²) in [5, 5.41) is 3.45. The fourth-order valence-corrected chi connectivity index (χ4v) is 3.76. The monoisotopic (exact) mass is 326 g/mol. The lowest BCUT2D eigenvalue weighted by molar-refractivity contribution is 0.148. The average Bonchev–Trinajstić information content (AvgIpc) is 2.53. The van der Waals surface area contributed by atoms with Crippen molar-refractivity contribution >= 4 is 12.4 Å². The Morgan fingerprint density at radius 3 is 2.23 bits per heavy atom. The highest BCUT2D eigenvalue weighted by Gasteiger charge is 2.22. The highest BCUT2D eigenvalue weighted by Crippen LogP contribution is 2.23. The Bertz CT molecular complexity index is 423. The molecule has 0 aliphatic carbocycles. The minimum Gasteiger partial charge on any atom is -0.317 e. The van der Waals surface area contributed by atoms with E-state index in [-0.39, 0.29) is 18.2 Å². The van der Waals surface area contributed by atoms with E-state index in [0.29, 0.717) is 0 Å². The summed E-state index contributed by atoms with van der Waals surface area (Å²) in [6.07, 6.45) is 6.39. The summed E-state index contributed by atoms with van der Waals surface area (Å²) < 4.78 is 12.9. The zero-order valence-electron chi connectivity index (χ0n) is 13.3. The maximum Gasteiger partial charge on any atom is 0.123 e. The van der Waals surface area contributed by atoms with E-state index in [0.717, 1.165) is 18.3 Å². The topological polar surface area (TPSA) is 15.3 Å². The van der Waals surface area contributed by atoms with E-state index in [9.17, 15) is 4.39 Å². The molecule has 22 heavy (non-hydrogen) atoms. The standard InChI is InChI=1S/C18H27FN2.ClH/c19-18-3-1-15(2-4-18)13-16-7-11-21(12-8-16)14-17-5-9-20-10-6-17;/h1-4,16-17,20H,5-14H2;1H. The highest BCUT2D eigenvalue weighted by molar-refractivity contribution is 5.85. The molecule has 2 heterocycles. The smallest absolute Gasteiger partial charge is 0.123 e. The number of nitrogens with zero attached hydrogens (tertiary/aromatic N) is 1. The lowest BCUT2D eigenvalue weighted by atomic mass is 9.89. The zero-order valence-corrected chi connectivity index (χ0v) is 14.1. The molecule has 0 unspecified atom stereocenters. The van der Waals surface area contributed by atoms with Crippen LogP contribution in [0.2, 0.25) is 0 Å². The van der Waals surface area contributed by atoms with Crippen molar-refractivity contribution in [3.05, 3.63) is 35.6 Å². The fraction of sp³-hybridized carbons (Fsp3) is 0.667. The number of benzene rings is 1. The maximum atomic E-state index is 12.9. The van der Waals surface area contributed by atoms with Crippen molar-refractivity contribution < 1.29 is 4.39 Å². The molecule has 0 radical (unpaired) electrons. The van der Waals surface area contributed by atoms with E-state index in [1.807, 2.05) is 12.1 Å². The number of halogens is 2. The minimum atomic E-state index is -0.129. The van der Waals surface area contributed by atoms with Gasteiger partial charge in [0.25, 0.3) is 0 Å². The quantitative estimate of drug-likeness (QED) is 0.911. The Morgan fingerprint density at radius 1 is 0.955 bits per heavy atom. The fourth-order valence-electron chi connectivity index (χ4n) is 3.76. The SMILES string of the molecule is Cl.Fc1ccc(CC2CCN(CC3CCNCC3)CC2)cc1. The van der Waals surface area contributed by atoms with Gasteiger partial charge < -0.3 is 10.2 Å². The number of hydrogen-bond acceptors (Lipinski definition) is 2. The van der Waals surface area contributed by atoms with Crippen LogP contribution < -0.4 is 5.32 Å². The third kappa shape index (κ3) is 5.22. The summed E-state index contributed by atoms with van der Waals surface area (Å²) >= 11 is 0. The molecule has 4 heteroatoms. The number of likely N-dealkylation sites (tertiary alicyclic amines) is 1. The normalized spacial score (nSPS) is 21.5. The van der Waals surface area contributed by atoms with Crippen molar-refractivity contribution in [2.24, 2.45) is 11.8 Å². The third-order valence-electron chi connectivity index (χ3n) is 5.12. The molecule has 1 N–H and O–H groups in total. The van der Waals surface area contributed by atoms with Gasteiger partial charge in [0, 0.05) is 6.54 Å². The molecular formula is C18H28ClFN2. The lowest BCUT2D eigenvalue weighted by Gasteiger charge is -2.35. The molecule has 2 fully saturated rings. The molecule has 0 bridgehead atoms. The summed E-state index contributed by atoms with van der Waals surface area (Å²) in [6, 6.07) is 7.05. The summed E-state index contributed by atoms with van der Waals surface area (Å²) in [7, 11) is 0. The average molecular weight is 327 g/mol. The van der Waals surface area contributed by atoms with Gasteiger partial charge in [0.1, 0.15) is 5.82 Å². The van der Waals surface area contributed by atoms with Crippen molar-refractivity contribution in [3.8, 4) is 0 Å². The van der Waals surface area contributed by atoms with Gasteiger partial charge in [0.15, 0.2) is 0 Å². The van der Waals surface area contributed by atoms with Crippen molar-refractivity contribution in [1.82, 2.24) is 10.2 Å². The first-order valence-electron chi connectivity index (χ1n) is 8.47. The van der Waals surface area contributed by atoms with Crippen molar-refractivity contribution in [2.75, 3.05) is 32.7 Å². The van der Waals surface area contributed by atoms with Crippen LogP contribution in [0.5, 0.6) is 0 Å². The predicted octanol–water partition coefficient (Wildman–Crippen LogP) is 3.50. The summed E-state index contributed by atoms with van der Waals surface area (Å²) in [5.41, 5.74) is 1.29. The molecule has 2 aliphatic rings. The molecule has 1 aromatic carbocycles. The molecule has 1 aromatic rings. The van der Waals surface area contributed by atoms with Crippen LogP contribution in [0.1, 0.15) is 31.2 Å². The van der Waals surface area contributed by atoms with Crippen LogP contribution in [-0.2, 0) is 6.42 Å². The Morgan fingerprint density at radius 2 is 1.59 bits per heavy atom. The van der Waals surface area contributed by atoms with E-state index in [1.54, 1.807) is 12.1 Å². The molecule has 2 saturated heterocycles. The van der Waals surface area contributed by atoms with Gasteiger partial charge in [0.2, 0.25) is 0 Å². The molecule has 0 aromatic heterocycles. The van der Waals surface area contributed by atoms with Gasteiger partial charge in [-0.1, -0.05) is 12.1 Å². The van der Waals surface area contributed by atoms with Crippen molar-refractivity contribution in [2.45, 2.75) is 32.1 Å². The first-order chi connectivity index (χ1) is 10.3. The maximum absolute atomic E-state index is 12.9. The van der Waals surface area contributed by atoms with Gasteiger partial charge in [0.05, 0.1) is 0 Å². The summed E-state index contributed by atoms with van der Waals surface area (Å²) in [6.45, 7) is 6.19. The number of piperidine rings is 2. The van der Waals surface area contributed by atoms with Gasteiger partial charge in [-0.05, 0) is 87.8 Å². The second kappa shape index (κ2) is 8.85. The molecule has 124 valence electrons. The number of hydrogen-bond donors (Lipinski definition) is 1. The first-order valence-corrected chi connectivity index (χ1v) is 8.47. The van der Waals surface area contributed by atoms with E-state index >= 15 is 0 Å². The first kappa shape index (κ1) is 17.7. The molecule has 2 aliphatic heterocycles.